The smallest absolute Gasteiger partial charge is 0.319 e. The first-order chi connectivity index (χ1) is 20.6. The van der Waals surface area contributed by atoms with Crippen LogP contribution in [-0.2, 0) is 0 Å². The number of ether oxygens (including phenoxy) is 1. The van der Waals surface area contributed by atoms with Gasteiger partial charge in [0.25, 0.3) is 5.56 Å². The molecule has 2 N–H and O–H groups in total. The van der Waals surface area contributed by atoms with Crippen molar-refractivity contribution in [2.24, 2.45) is 0 Å². The summed E-state index contributed by atoms with van der Waals surface area (Å²) in [6.45, 7) is -0.00629. The number of likely N-dealkylation sites (tertiary alicyclic amines) is 1. The molecular formula is C31H31FN6O3. The van der Waals surface area contributed by atoms with E-state index in [0.717, 1.165) is 25.8 Å². The number of nitrogens with zero attached hydrogens (tertiary/aromatic N) is 5. The first-order valence-electron chi connectivity index (χ1n) is 14.9. The topological polar surface area (TPSA) is 95.8 Å². The Morgan fingerprint density at radius 2 is 2.02 bits per heavy atom. The second-order valence-electron chi connectivity index (χ2n) is 11.1. The van der Waals surface area contributed by atoms with Crippen molar-refractivity contribution < 1.29 is 17.0 Å². The number of likely N-dealkylation sites (N-methyl/N-ethyl adjacent to an activating group) is 1. The molecule has 0 radical (unpaired) electrons. The minimum absolute atomic E-state index is 0.0131. The molecule has 0 spiro atoms. The van der Waals surface area contributed by atoms with Crippen LogP contribution in [0, 0.1) is 18.2 Å². The molecular weight excluding hydrogens is 523 g/mol. The summed E-state index contributed by atoms with van der Waals surface area (Å²) < 4.78 is 39.4. The highest BCUT2D eigenvalue weighted by atomic mass is 19.1. The van der Waals surface area contributed by atoms with E-state index in [9.17, 15) is 14.3 Å². The first-order valence-corrected chi connectivity index (χ1v) is 13.9. The number of aromatic nitrogens is 3. The number of rotatable bonds is 5. The van der Waals surface area contributed by atoms with Gasteiger partial charge in [-0.2, -0.15) is 9.97 Å². The number of terminal acetylenes is 1. The minimum atomic E-state index is -2.10. The standard InChI is InChI=1S/C31H31FN6O3/c1-3-23-25(32)9-6-18-13-22(39)14-26(27(18)23)38-12-10-24-28(30(38)40)34-31(41-17-21-5-4-11-36(21)2)35-29(24)37-15-19-7-8-20(16-37)33-19/h1,6,9-10,12-14,19-21,33,39H,4-5,7-8,11,15-17H2,2H3/t19-,20+,21-/m0/s1/i17D2. The number of piperazine rings is 1. The van der Waals surface area contributed by atoms with E-state index in [1.54, 1.807) is 12.3 Å². The van der Waals surface area contributed by atoms with Crippen molar-refractivity contribution in [3.63, 3.8) is 0 Å². The van der Waals surface area contributed by atoms with E-state index in [0.29, 0.717) is 41.5 Å². The summed E-state index contributed by atoms with van der Waals surface area (Å²) in [5.74, 6) is 2.13. The average Bonchev–Trinajstić information content (AvgIpc) is 3.57. The van der Waals surface area contributed by atoms with Gasteiger partial charge in [-0.05, 0) is 62.9 Å². The molecule has 3 fully saturated rings. The van der Waals surface area contributed by atoms with Crippen molar-refractivity contribution in [2.75, 3.05) is 38.1 Å². The molecule has 7 rings (SSSR count). The predicted octanol–water partition coefficient (Wildman–Crippen LogP) is 3.17. The van der Waals surface area contributed by atoms with Crippen molar-refractivity contribution in [1.29, 1.82) is 0 Å². The van der Waals surface area contributed by atoms with Crippen LogP contribution < -0.4 is 20.5 Å². The lowest BCUT2D eigenvalue weighted by molar-refractivity contribution is 0.188. The lowest BCUT2D eigenvalue weighted by Gasteiger charge is -2.34. The molecule has 3 aliphatic heterocycles. The van der Waals surface area contributed by atoms with Gasteiger partial charge in [-0.15, -0.1) is 6.42 Å². The van der Waals surface area contributed by atoms with Gasteiger partial charge in [-0.25, -0.2) is 4.39 Å². The molecule has 0 unspecified atom stereocenters. The molecule has 10 heteroatoms. The van der Waals surface area contributed by atoms with E-state index in [-0.39, 0.29) is 40.6 Å². The third kappa shape index (κ3) is 4.46. The molecule has 9 nitrogen and oxygen atoms in total. The predicted molar refractivity (Wildman–Crippen MR) is 156 cm³/mol. The molecule has 0 amide bonds. The fourth-order valence-corrected chi connectivity index (χ4v) is 6.45. The van der Waals surface area contributed by atoms with Crippen LogP contribution in [0.1, 0.15) is 34.0 Å². The number of hydrogen-bond acceptors (Lipinski definition) is 8. The monoisotopic (exact) mass is 556 g/mol. The Labute approximate surface area is 239 Å². The number of benzene rings is 2. The largest absolute Gasteiger partial charge is 0.508 e. The average molecular weight is 557 g/mol. The van der Waals surface area contributed by atoms with E-state index in [1.807, 2.05) is 11.9 Å². The summed E-state index contributed by atoms with van der Waals surface area (Å²) in [7, 11) is 1.85. The van der Waals surface area contributed by atoms with Gasteiger partial charge in [0.1, 0.15) is 29.5 Å². The Morgan fingerprint density at radius 3 is 2.76 bits per heavy atom. The van der Waals surface area contributed by atoms with Gasteiger partial charge in [0, 0.05) is 48.9 Å². The van der Waals surface area contributed by atoms with Gasteiger partial charge in [-0.1, -0.05) is 12.0 Å². The van der Waals surface area contributed by atoms with Crippen LogP contribution in [-0.4, -0.2) is 75.9 Å². The Balaban J connectivity index is 1.43. The Morgan fingerprint density at radius 1 is 1.22 bits per heavy atom. The van der Waals surface area contributed by atoms with Crippen molar-refractivity contribution in [3.8, 4) is 29.8 Å². The maximum absolute atomic E-state index is 14.8. The summed E-state index contributed by atoms with van der Waals surface area (Å²) in [5.41, 5.74) is -0.391. The fraction of sp³-hybridized carbons (Fsp3) is 0.387. The zero-order chi connectivity index (χ0) is 30.0. The maximum Gasteiger partial charge on any atom is 0.319 e. The van der Waals surface area contributed by atoms with Gasteiger partial charge in [-0.3, -0.25) is 9.36 Å². The normalized spacial score (nSPS) is 23.5. The highest BCUT2D eigenvalue weighted by molar-refractivity contribution is 5.97. The van der Waals surface area contributed by atoms with Crippen LogP contribution in [0.5, 0.6) is 11.8 Å². The van der Waals surface area contributed by atoms with Crippen molar-refractivity contribution in [3.05, 3.63) is 58.3 Å². The number of pyridine rings is 1. The molecule has 3 aliphatic rings. The van der Waals surface area contributed by atoms with Crippen LogP contribution in [0.3, 0.4) is 0 Å². The highest BCUT2D eigenvalue weighted by Gasteiger charge is 2.34. The highest BCUT2D eigenvalue weighted by Crippen LogP contribution is 2.33. The number of anilines is 1. The maximum atomic E-state index is 14.8. The van der Waals surface area contributed by atoms with Crippen LogP contribution >= 0.6 is 0 Å². The Bertz CT molecular complexity index is 1860. The third-order valence-electron chi connectivity index (χ3n) is 8.47. The Hall–Kier alpha value is -4.20. The molecule has 3 saturated heterocycles. The number of aromatic hydroxyl groups is 1. The molecule has 210 valence electrons. The molecule has 0 aliphatic carbocycles. The molecule has 2 aromatic carbocycles. The second-order valence-corrected chi connectivity index (χ2v) is 11.1. The molecule has 2 aromatic heterocycles. The number of phenols is 1. The first kappa shape index (κ1) is 23.5. The molecule has 5 heterocycles. The molecule has 4 aromatic rings. The van der Waals surface area contributed by atoms with Crippen molar-refractivity contribution in [2.45, 2.75) is 43.8 Å². The van der Waals surface area contributed by atoms with Gasteiger partial charge in [0.2, 0.25) is 0 Å². The molecule has 3 atom stereocenters. The lowest BCUT2D eigenvalue weighted by Crippen LogP contribution is -2.51. The number of fused-ring (bicyclic) bond motifs is 4. The zero-order valence-electron chi connectivity index (χ0n) is 24.6. The van der Waals surface area contributed by atoms with Crippen LogP contribution in [0.4, 0.5) is 10.2 Å². The van der Waals surface area contributed by atoms with Gasteiger partial charge in [0.05, 0.1) is 19.4 Å². The number of halogens is 1. The van der Waals surface area contributed by atoms with E-state index < -0.39 is 24.0 Å². The number of hydrogen-bond donors (Lipinski definition) is 2. The summed E-state index contributed by atoms with van der Waals surface area (Å²) >= 11 is 0. The van der Waals surface area contributed by atoms with Crippen LogP contribution in [0.15, 0.2) is 41.3 Å². The van der Waals surface area contributed by atoms with Crippen molar-refractivity contribution >= 4 is 27.5 Å². The van der Waals surface area contributed by atoms with E-state index in [4.69, 9.17) is 18.9 Å². The molecule has 41 heavy (non-hydrogen) atoms. The van der Waals surface area contributed by atoms with Crippen LogP contribution in [0.25, 0.3) is 27.4 Å². The van der Waals surface area contributed by atoms with Gasteiger partial charge < -0.3 is 25.0 Å². The third-order valence-corrected chi connectivity index (χ3v) is 8.47. The molecule has 0 saturated carbocycles. The minimum Gasteiger partial charge on any atom is -0.508 e. The van der Waals surface area contributed by atoms with Crippen molar-refractivity contribution in [1.82, 2.24) is 24.8 Å². The van der Waals surface area contributed by atoms with Gasteiger partial charge in [0.15, 0.2) is 0 Å². The number of nitrogens with one attached hydrogen (secondary N) is 1. The van der Waals surface area contributed by atoms with E-state index >= 15 is 0 Å². The summed E-state index contributed by atoms with van der Waals surface area (Å²) in [6, 6.07) is 7.08. The van der Waals surface area contributed by atoms with E-state index in [1.165, 1.54) is 28.8 Å². The summed E-state index contributed by atoms with van der Waals surface area (Å²) in [5, 5.41) is 15.4. The van der Waals surface area contributed by atoms with Gasteiger partial charge >= 0.3 is 6.01 Å². The Kier molecular flexibility index (Phi) is 5.74. The summed E-state index contributed by atoms with van der Waals surface area (Å²) in [4.78, 5) is 27.4. The summed E-state index contributed by atoms with van der Waals surface area (Å²) in [6.07, 6.45) is 10.8. The quantitative estimate of drug-likeness (QED) is 0.362. The number of phenolic OH excluding ortho intramolecular Hbond substituents is 1. The van der Waals surface area contributed by atoms with E-state index in [2.05, 4.69) is 21.1 Å². The second kappa shape index (κ2) is 10.0. The SMILES string of the molecule is [2H]C([2H])(Oc1nc(N2C[C@H]3CC[C@@H](C2)N3)c2ccn(-c3cc(O)cc4ccc(F)c(C#C)c34)c(=O)c2n1)[C@@H]1CCCN1C. The van der Waals surface area contributed by atoms with Crippen LogP contribution in [0.2, 0.25) is 0 Å². The lowest BCUT2D eigenvalue weighted by atomic mass is 10.0. The molecule has 2 bridgehead atoms. The fourth-order valence-electron chi connectivity index (χ4n) is 6.45. The zero-order valence-corrected chi connectivity index (χ0v) is 22.6.